The van der Waals surface area contributed by atoms with Gasteiger partial charge in [-0.3, -0.25) is 9.89 Å². The molecule has 0 aliphatic rings. The molecule has 2 heterocycles. The molecule has 20 heavy (non-hydrogen) atoms. The van der Waals surface area contributed by atoms with Crippen molar-refractivity contribution in [2.45, 2.75) is 25.3 Å². The van der Waals surface area contributed by atoms with E-state index in [-0.39, 0.29) is 17.0 Å². The van der Waals surface area contributed by atoms with Gasteiger partial charge in [-0.05, 0) is 19.4 Å². The summed E-state index contributed by atoms with van der Waals surface area (Å²) >= 11 is 0. The molecule has 0 fully saturated rings. The predicted molar refractivity (Wildman–Crippen MR) is 73.8 cm³/mol. The molecule has 2 aromatic rings. The van der Waals surface area contributed by atoms with Gasteiger partial charge in [-0.25, -0.2) is 13.1 Å². The quantitative estimate of drug-likeness (QED) is 0.842. The molecule has 0 amide bonds. The minimum Gasteiger partial charge on any atom is -0.318 e. The monoisotopic (exact) mass is 296 g/mol. The first kappa shape index (κ1) is 14.5. The van der Waals surface area contributed by atoms with E-state index >= 15 is 0 Å². The molecular weight excluding hydrogens is 280 g/mol. The molecule has 0 spiro atoms. The molecule has 0 saturated carbocycles. The second kappa shape index (κ2) is 5.22. The molecule has 8 heteroatoms. The van der Waals surface area contributed by atoms with Crippen molar-refractivity contribution in [3.05, 3.63) is 45.6 Å². The molecule has 0 aliphatic heterocycles. The van der Waals surface area contributed by atoms with Crippen LogP contribution in [-0.4, -0.2) is 23.2 Å². The summed E-state index contributed by atoms with van der Waals surface area (Å²) in [5.74, 6) is 0. The van der Waals surface area contributed by atoms with Gasteiger partial charge in [-0.15, -0.1) is 0 Å². The van der Waals surface area contributed by atoms with Crippen LogP contribution in [0.25, 0.3) is 0 Å². The average molecular weight is 296 g/mol. The average Bonchev–Trinajstić information content (AvgIpc) is 2.71. The van der Waals surface area contributed by atoms with Gasteiger partial charge in [0.1, 0.15) is 4.90 Å². The van der Waals surface area contributed by atoms with Crippen molar-refractivity contribution in [3.8, 4) is 0 Å². The highest BCUT2D eigenvalue weighted by Gasteiger charge is 2.21. The van der Waals surface area contributed by atoms with Crippen LogP contribution in [0.2, 0.25) is 0 Å². The summed E-state index contributed by atoms with van der Waals surface area (Å²) in [5.41, 5.74) is 1.48. The fourth-order valence-corrected chi connectivity index (χ4v) is 3.33. The van der Waals surface area contributed by atoms with Gasteiger partial charge in [-0.2, -0.15) is 5.10 Å². The highest BCUT2D eigenvalue weighted by Crippen LogP contribution is 2.16. The largest absolute Gasteiger partial charge is 0.318 e. The number of hydrogen-bond acceptors (Lipinski definition) is 4. The molecule has 0 aliphatic carbocycles. The molecule has 0 radical (unpaired) electrons. The third-order valence-corrected chi connectivity index (χ3v) is 4.61. The number of nitrogens with one attached hydrogen (secondary N) is 2. The maximum atomic E-state index is 12.2. The Morgan fingerprint density at radius 3 is 2.60 bits per heavy atom. The highest BCUT2D eigenvalue weighted by molar-refractivity contribution is 7.89. The van der Waals surface area contributed by atoms with Crippen LogP contribution >= 0.6 is 0 Å². The number of rotatable bonds is 4. The van der Waals surface area contributed by atoms with Gasteiger partial charge in [0.2, 0.25) is 15.6 Å². The lowest BCUT2D eigenvalue weighted by molar-refractivity contribution is 0.579. The summed E-state index contributed by atoms with van der Waals surface area (Å²) in [5, 5.41) is 6.52. The van der Waals surface area contributed by atoms with Gasteiger partial charge < -0.3 is 4.57 Å². The van der Waals surface area contributed by atoms with E-state index in [2.05, 4.69) is 14.9 Å². The Labute approximate surface area is 116 Å². The zero-order valence-electron chi connectivity index (χ0n) is 11.5. The maximum absolute atomic E-state index is 12.2. The van der Waals surface area contributed by atoms with Crippen LogP contribution in [-0.2, 0) is 23.6 Å². The van der Waals surface area contributed by atoms with Gasteiger partial charge in [-0.1, -0.05) is 6.07 Å². The van der Waals surface area contributed by atoms with Crippen LogP contribution in [0.3, 0.4) is 0 Å². The SMILES string of the molecule is Cc1n[nH]c(C)c1S(=O)(=O)NCc1ccc(=O)n(C)c1. The van der Waals surface area contributed by atoms with Crippen LogP contribution in [0.1, 0.15) is 17.0 Å². The Morgan fingerprint density at radius 1 is 1.35 bits per heavy atom. The molecular formula is C12H16N4O3S. The Morgan fingerprint density at radius 2 is 2.05 bits per heavy atom. The maximum Gasteiger partial charge on any atom is 0.250 e. The fraction of sp³-hybridized carbons (Fsp3) is 0.333. The fourth-order valence-electron chi connectivity index (χ4n) is 1.94. The van der Waals surface area contributed by atoms with Crippen LogP contribution in [0.5, 0.6) is 0 Å². The van der Waals surface area contributed by atoms with E-state index in [1.807, 2.05) is 0 Å². The van der Waals surface area contributed by atoms with Gasteiger partial charge >= 0.3 is 0 Å². The molecule has 0 aromatic carbocycles. The summed E-state index contributed by atoms with van der Waals surface area (Å²) in [7, 11) is -2.01. The van der Waals surface area contributed by atoms with E-state index in [0.29, 0.717) is 17.0 Å². The number of aryl methyl sites for hydroxylation is 3. The van der Waals surface area contributed by atoms with Crippen molar-refractivity contribution < 1.29 is 8.42 Å². The van der Waals surface area contributed by atoms with Crippen LogP contribution in [0, 0.1) is 13.8 Å². The van der Waals surface area contributed by atoms with Crippen molar-refractivity contribution in [2.75, 3.05) is 0 Å². The number of sulfonamides is 1. The molecule has 108 valence electrons. The van der Waals surface area contributed by atoms with Gasteiger partial charge in [0.25, 0.3) is 0 Å². The van der Waals surface area contributed by atoms with Crippen molar-refractivity contribution >= 4 is 10.0 Å². The molecule has 2 rings (SSSR count). The smallest absolute Gasteiger partial charge is 0.250 e. The molecule has 2 N–H and O–H groups in total. The number of pyridine rings is 1. The van der Waals surface area contributed by atoms with Crippen molar-refractivity contribution in [3.63, 3.8) is 0 Å². The zero-order valence-corrected chi connectivity index (χ0v) is 12.3. The molecule has 7 nitrogen and oxygen atoms in total. The minimum absolute atomic E-state index is 0.112. The minimum atomic E-state index is -3.63. The van der Waals surface area contributed by atoms with Crippen LogP contribution < -0.4 is 10.3 Å². The van der Waals surface area contributed by atoms with Crippen molar-refractivity contribution in [1.82, 2.24) is 19.5 Å². The Balaban J connectivity index is 2.22. The van der Waals surface area contributed by atoms with E-state index in [9.17, 15) is 13.2 Å². The first-order chi connectivity index (χ1) is 9.31. The van der Waals surface area contributed by atoms with E-state index < -0.39 is 10.0 Å². The molecule has 0 atom stereocenters. The summed E-state index contributed by atoms with van der Waals surface area (Å²) in [6.07, 6.45) is 1.60. The Hall–Kier alpha value is -1.93. The molecule has 0 unspecified atom stereocenters. The topological polar surface area (TPSA) is 96.8 Å². The van der Waals surface area contributed by atoms with E-state index in [1.54, 1.807) is 33.2 Å². The Kier molecular flexibility index (Phi) is 3.78. The highest BCUT2D eigenvalue weighted by atomic mass is 32.2. The van der Waals surface area contributed by atoms with Crippen molar-refractivity contribution in [1.29, 1.82) is 0 Å². The number of nitrogens with zero attached hydrogens (tertiary/aromatic N) is 2. The summed E-state index contributed by atoms with van der Waals surface area (Å²) in [6.45, 7) is 3.39. The normalized spacial score (nSPS) is 11.8. The first-order valence-corrected chi connectivity index (χ1v) is 7.46. The van der Waals surface area contributed by atoms with Gasteiger partial charge in [0, 0.05) is 25.9 Å². The van der Waals surface area contributed by atoms with E-state index in [1.165, 1.54) is 10.6 Å². The van der Waals surface area contributed by atoms with E-state index in [4.69, 9.17) is 0 Å². The lowest BCUT2D eigenvalue weighted by atomic mass is 10.3. The predicted octanol–water partition coefficient (Wildman–Crippen LogP) is 0.204. The molecule has 0 bridgehead atoms. The standard InChI is InChI=1S/C12H16N4O3S/c1-8-12(9(2)15-14-8)20(18,19)13-6-10-4-5-11(17)16(3)7-10/h4-5,7,13H,6H2,1-3H3,(H,14,15). The third kappa shape index (κ3) is 2.81. The molecule has 0 saturated heterocycles. The van der Waals surface area contributed by atoms with Crippen LogP contribution in [0.4, 0.5) is 0 Å². The summed E-state index contributed by atoms with van der Waals surface area (Å²) in [4.78, 5) is 11.4. The summed E-state index contributed by atoms with van der Waals surface area (Å²) in [6, 6.07) is 3.00. The third-order valence-electron chi connectivity index (χ3n) is 2.94. The number of aromatic amines is 1. The second-order valence-electron chi connectivity index (χ2n) is 4.57. The first-order valence-electron chi connectivity index (χ1n) is 5.98. The number of aromatic nitrogens is 3. The van der Waals surface area contributed by atoms with Crippen LogP contribution in [0.15, 0.2) is 28.0 Å². The second-order valence-corrected chi connectivity index (χ2v) is 6.28. The van der Waals surface area contributed by atoms with Gasteiger partial charge in [0.05, 0.1) is 11.4 Å². The van der Waals surface area contributed by atoms with E-state index in [0.717, 1.165) is 0 Å². The lowest BCUT2D eigenvalue weighted by Gasteiger charge is -2.07. The molecule has 2 aromatic heterocycles. The Bertz CT molecular complexity index is 770. The van der Waals surface area contributed by atoms with Crippen molar-refractivity contribution in [2.24, 2.45) is 7.05 Å². The number of hydrogen-bond donors (Lipinski definition) is 2. The zero-order chi connectivity index (χ0) is 14.9. The lowest BCUT2D eigenvalue weighted by Crippen LogP contribution is -2.25. The van der Waals surface area contributed by atoms with Gasteiger partial charge in [0.15, 0.2) is 0 Å². The number of H-pyrrole nitrogens is 1. The summed E-state index contributed by atoms with van der Waals surface area (Å²) < 4.78 is 28.3.